The summed E-state index contributed by atoms with van der Waals surface area (Å²) in [6.45, 7) is 0.275. The van der Waals surface area contributed by atoms with Crippen molar-refractivity contribution in [2.75, 3.05) is 0 Å². The van der Waals surface area contributed by atoms with Crippen LogP contribution >= 0.6 is 0 Å². The Labute approximate surface area is 68.4 Å². The van der Waals surface area contributed by atoms with E-state index in [1.54, 1.807) is 12.1 Å². The summed E-state index contributed by atoms with van der Waals surface area (Å²) >= 11 is 0. The number of aromatic nitrogens is 2. The molecule has 0 bridgehead atoms. The molecule has 2 rings (SSSR count). The summed E-state index contributed by atoms with van der Waals surface area (Å²) in [5, 5.41) is 7.09. The summed E-state index contributed by atoms with van der Waals surface area (Å²) < 4.78 is 13.2. The molecular formula is C8H8FN3. The Kier molecular flexibility index (Phi) is 1.55. The van der Waals surface area contributed by atoms with Gasteiger partial charge in [0.25, 0.3) is 0 Å². The Morgan fingerprint density at radius 1 is 1.50 bits per heavy atom. The zero-order chi connectivity index (χ0) is 8.55. The summed E-state index contributed by atoms with van der Waals surface area (Å²) in [4.78, 5) is 0. The van der Waals surface area contributed by atoms with Gasteiger partial charge in [-0.15, -0.1) is 0 Å². The molecule has 12 heavy (non-hydrogen) atoms. The van der Waals surface area contributed by atoms with E-state index in [9.17, 15) is 4.39 Å². The summed E-state index contributed by atoms with van der Waals surface area (Å²) in [5.41, 5.74) is 6.65. The number of fused-ring (bicyclic) bond motifs is 1. The molecule has 62 valence electrons. The first kappa shape index (κ1) is 7.24. The number of nitrogens with zero attached hydrogens (tertiary/aromatic N) is 1. The monoisotopic (exact) mass is 165 g/mol. The quantitative estimate of drug-likeness (QED) is 0.666. The van der Waals surface area contributed by atoms with E-state index in [1.165, 1.54) is 6.07 Å². The van der Waals surface area contributed by atoms with Crippen molar-refractivity contribution in [2.24, 2.45) is 5.73 Å². The average Bonchev–Trinajstić information content (AvgIpc) is 2.49. The molecule has 1 aromatic carbocycles. The van der Waals surface area contributed by atoms with Gasteiger partial charge in [-0.3, -0.25) is 5.10 Å². The maximum absolute atomic E-state index is 13.2. The lowest BCUT2D eigenvalue weighted by molar-refractivity contribution is 0.638. The molecule has 3 N–H and O–H groups in total. The van der Waals surface area contributed by atoms with Gasteiger partial charge in [0.15, 0.2) is 0 Å². The van der Waals surface area contributed by atoms with Crippen LogP contribution in [0.2, 0.25) is 0 Å². The van der Waals surface area contributed by atoms with Gasteiger partial charge in [0.2, 0.25) is 0 Å². The Balaban J connectivity index is 2.83. The van der Waals surface area contributed by atoms with Gasteiger partial charge in [0.1, 0.15) is 5.82 Å². The Bertz CT molecular complexity index is 408. The van der Waals surface area contributed by atoms with Crippen LogP contribution < -0.4 is 5.73 Å². The highest BCUT2D eigenvalue weighted by Gasteiger charge is 2.07. The van der Waals surface area contributed by atoms with Crippen LogP contribution in [0.25, 0.3) is 10.9 Å². The van der Waals surface area contributed by atoms with Crippen molar-refractivity contribution in [3.8, 4) is 0 Å². The highest BCUT2D eigenvalue weighted by atomic mass is 19.1. The first-order valence-corrected chi connectivity index (χ1v) is 3.64. The first-order valence-electron chi connectivity index (χ1n) is 3.64. The minimum Gasteiger partial charge on any atom is -0.325 e. The minimum atomic E-state index is -0.276. The zero-order valence-electron chi connectivity index (χ0n) is 6.34. The van der Waals surface area contributed by atoms with Gasteiger partial charge in [0.05, 0.1) is 16.6 Å². The number of nitrogens with two attached hydrogens (primary N) is 1. The SMILES string of the molecule is NCc1[nH]nc2cccc(F)c12. The van der Waals surface area contributed by atoms with Crippen LogP contribution in [-0.4, -0.2) is 10.2 Å². The van der Waals surface area contributed by atoms with Crippen LogP contribution in [0.15, 0.2) is 18.2 Å². The normalized spacial score (nSPS) is 10.8. The lowest BCUT2D eigenvalue weighted by Gasteiger charge is -1.92. The molecule has 0 unspecified atom stereocenters. The smallest absolute Gasteiger partial charge is 0.134 e. The average molecular weight is 165 g/mol. The molecule has 0 atom stereocenters. The molecule has 0 aliphatic carbocycles. The predicted molar refractivity (Wildman–Crippen MR) is 43.9 cm³/mol. The zero-order valence-corrected chi connectivity index (χ0v) is 6.34. The standard InChI is InChI=1S/C8H8FN3/c9-5-2-1-3-6-8(5)7(4-10)12-11-6/h1-3H,4,10H2,(H,11,12). The molecule has 2 aromatic rings. The second kappa shape index (κ2) is 2.57. The maximum Gasteiger partial charge on any atom is 0.134 e. The van der Waals surface area contributed by atoms with E-state index in [4.69, 9.17) is 5.73 Å². The van der Waals surface area contributed by atoms with Gasteiger partial charge in [-0.2, -0.15) is 5.10 Å². The van der Waals surface area contributed by atoms with Crippen molar-refractivity contribution in [1.82, 2.24) is 10.2 Å². The Hall–Kier alpha value is -1.42. The molecule has 0 saturated heterocycles. The minimum absolute atomic E-state index is 0.275. The summed E-state index contributed by atoms with van der Waals surface area (Å²) in [6.07, 6.45) is 0. The number of nitrogens with one attached hydrogen (secondary N) is 1. The van der Waals surface area contributed by atoms with Crippen molar-refractivity contribution >= 4 is 10.9 Å². The molecule has 3 nitrogen and oxygen atoms in total. The molecular weight excluding hydrogens is 157 g/mol. The lowest BCUT2D eigenvalue weighted by Crippen LogP contribution is -1.97. The van der Waals surface area contributed by atoms with Gasteiger partial charge >= 0.3 is 0 Å². The van der Waals surface area contributed by atoms with Crippen molar-refractivity contribution in [2.45, 2.75) is 6.54 Å². The molecule has 0 amide bonds. The third kappa shape index (κ3) is 0.887. The fraction of sp³-hybridized carbons (Fsp3) is 0.125. The number of aromatic amines is 1. The lowest BCUT2D eigenvalue weighted by atomic mass is 10.2. The predicted octanol–water partition coefficient (Wildman–Crippen LogP) is 1.16. The van der Waals surface area contributed by atoms with Crippen LogP contribution in [0.1, 0.15) is 5.69 Å². The van der Waals surface area contributed by atoms with Crippen LogP contribution in [-0.2, 0) is 6.54 Å². The number of H-pyrrole nitrogens is 1. The van der Waals surface area contributed by atoms with Crippen LogP contribution in [0.3, 0.4) is 0 Å². The van der Waals surface area contributed by atoms with Crippen molar-refractivity contribution in [3.63, 3.8) is 0 Å². The molecule has 4 heteroatoms. The maximum atomic E-state index is 13.2. The summed E-state index contributed by atoms with van der Waals surface area (Å²) in [6, 6.07) is 4.77. The fourth-order valence-corrected chi connectivity index (χ4v) is 1.24. The number of rotatable bonds is 1. The van der Waals surface area contributed by atoms with Crippen molar-refractivity contribution in [1.29, 1.82) is 0 Å². The number of hydrogen-bond donors (Lipinski definition) is 2. The molecule has 0 fully saturated rings. The van der Waals surface area contributed by atoms with E-state index < -0.39 is 0 Å². The van der Waals surface area contributed by atoms with Crippen molar-refractivity contribution < 1.29 is 4.39 Å². The molecule has 1 heterocycles. The molecule has 0 spiro atoms. The van der Waals surface area contributed by atoms with E-state index >= 15 is 0 Å². The van der Waals surface area contributed by atoms with Gasteiger partial charge in [-0.05, 0) is 12.1 Å². The molecule has 1 aromatic heterocycles. The second-order valence-electron chi connectivity index (χ2n) is 2.54. The number of hydrogen-bond acceptors (Lipinski definition) is 2. The third-order valence-electron chi connectivity index (χ3n) is 1.81. The fourth-order valence-electron chi connectivity index (χ4n) is 1.24. The second-order valence-corrected chi connectivity index (χ2v) is 2.54. The Morgan fingerprint density at radius 2 is 2.33 bits per heavy atom. The van der Waals surface area contributed by atoms with Crippen LogP contribution in [0.5, 0.6) is 0 Å². The highest BCUT2D eigenvalue weighted by Crippen LogP contribution is 2.18. The van der Waals surface area contributed by atoms with Gasteiger partial charge < -0.3 is 5.73 Å². The molecule has 0 radical (unpaired) electrons. The van der Waals surface area contributed by atoms with E-state index in [-0.39, 0.29) is 12.4 Å². The molecule has 0 saturated carbocycles. The van der Waals surface area contributed by atoms with Crippen LogP contribution in [0.4, 0.5) is 4.39 Å². The summed E-state index contributed by atoms with van der Waals surface area (Å²) in [5.74, 6) is -0.276. The highest BCUT2D eigenvalue weighted by molar-refractivity contribution is 5.81. The third-order valence-corrected chi connectivity index (χ3v) is 1.81. The van der Waals surface area contributed by atoms with E-state index in [0.717, 1.165) is 0 Å². The number of halogens is 1. The first-order chi connectivity index (χ1) is 5.83. The van der Waals surface area contributed by atoms with Gasteiger partial charge in [-0.25, -0.2) is 4.39 Å². The number of benzene rings is 1. The van der Waals surface area contributed by atoms with Gasteiger partial charge in [-0.1, -0.05) is 6.07 Å². The van der Waals surface area contributed by atoms with E-state index in [1.807, 2.05) is 0 Å². The largest absolute Gasteiger partial charge is 0.325 e. The van der Waals surface area contributed by atoms with Gasteiger partial charge in [0, 0.05) is 6.54 Å². The summed E-state index contributed by atoms with van der Waals surface area (Å²) in [7, 11) is 0. The van der Waals surface area contributed by atoms with Crippen LogP contribution in [0, 0.1) is 5.82 Å². The molecule has 0 aliphatic heterocycles. The molecule has 0 aliphatic rings. The Morgan fingerprint density at radius 3 is 3.08 bits per heavy atom. The topological polar surface area (TPSA) is 54.7 Å². The van der Waals surface area contributed by atoms with Crippen molar-refractivity contribution in [3.05, 3.63) is 29.7 Å². The van der Waals surface area contributed by atoms with E-state index in [0.29, 0.717) is 16.6 Å². The van der Waals surface area contributed by atoms with E-state index in [2.05, 4.69) is 10.2 Å².